The zero-order chi connectivity index (χ0) is 14.2. The van der Waals surface area contributed by atoms with Crippen molar-refractivity contribution in [3.8, 4) is 0 Å². The third-order valence-corrected chi connectivity index (χ3v) is 3.03. The average molecular weight is 264 g/mol. The lowest BCUT2D eigenvalue weighted by atomic mass is 10.1. The van der Waals surface area contributed by atoms with Crippen molar-refractivity contribution in [2.75, 3.05) is 6.54 Å². The van der Waals surface area contributed by atoms with Gasteiger partial charge < -0.3 is 0 Å². The fourth-order valence-electron chi connectivity index (χ4n) is 1.91. The second kappa shape index (κ2) is 7.29. The highest BCUT2D eigenvalue weighted by Crippen LogP contribution is 2.14. The Kier molecular flexibility index (Phi) is 5.13. The molecule has 0 fully saturated rings. The monoisotopic (exact) mass is 264 g/mol. The van der Waals surface area contributed by atoms with Crippen molar-refractivity contribution in [3.05, 3.63) is 78.0 Å². The molecule has 1 aliphatic heterocycles. The minimum absolute atomic E-state index is 0.830. The first-order valence-electron chi connectivity index (χ1n) is 6.83. The summed E-state index contributed by atoms with van der Waals surface area (Å²) in [5, 5.41) is 6.35. The fourth-order valence-corrected chi connectivity index (χ4v) is 1.91. The molecule has 1 aromatic rings. The molecule has 0 unspecified atom stereocenters. The van der Waals surface area contributed by atoms with E-state index >= 15 is 0 Å². The Labute approximate surface area is 121 Å². The first-order valence-corrected chi connectivity index (χ1v) is 6.83. The molecule has 0 bridgehead atoms. The molecular formula is C18H20N2. The number of allylic oxidation sites excluding steroid dienone is 6. The SMILES string of the molecule is C\C=C/C(=C\C=N\N1C=CC(C)=CC1)c1ccccc1. The van der Waals surface area contributed by atoms with Crippen LogP contribution in [0.3, 0.4) is 0 Å². The maximum atomic E-state index is 4.43. The lowest BCUT2D eigenvalue weighted by Crippen LogP contribution is -2.12. The molecule has 0 atom stereocenters. The highest BCUT2D eigenvalue weighted by molar-refractivity contribution is 5.88. The van der Waals surface area contributed by atoms with Gasteiger partial charge in [-0.1, -0.05) is 54.1 Å². The average Bonchev–Trinajstić information content (AvgIpc) is 2.49. The van der Waals surface area contributed by atoms with E-state index in [1.807, 2.05) is 54.7 Å². The van der Waals surface area contributed by atoms with Crippen molar-refractivity contribution in [2.24, 2.45) is 5.10 Å². The van der Waals surface area contributed by atoms with E-state index < -0.39 is 0 Å². The summed E-state index contributed by atoms with van der Waals surface area (Å²) in [4.78, 5) is 0. The Morgan fingerprint density at radius 2 is 2.05 bits per heavy atom. The third-order valence-electron chi connectivity index (χ3n) is 3.03. The first-order chi connectivity index (χ1) is 9.79. The van der Waals surface area contributed by atoms with Crippen molar-refractivity contribution in [1.82, 2.24) is 5.01 Å². The van der Waals surface area contributed by atoms with Crippen LogP contribution in [0.25, 0.3) is 5.57 Å². The van der Waals surface area contributed by atoms with Gasteiger partial charge in [-0.25, -0.2) is 0 Å². The molecule has 0 N–H and O–H groups in total. The molecule has 1 aliphatic rings. The van der Waals surface area contributed by atoms with Crippen LogP contribution in [0.5, 0.6) is 0 Å². The zero-order valence-electron chi connectivity index (χ0n) is 12.0. The Hall–Kier alpha value is -2.35. The third kappa shape index (κ3) is 4.09. The minimum Gasteiger partial charge on any atom is -0.269 e. The molecule has 0 amide bonds. The van der Waals surface area contributed by atoms with E-state index in [0.717, 1.165) is 12.1 Å². The molecule has 2 rings (SSSR count). The van der Waals surface area contributed by atoms with Crippen LogP contribution in [-0.4, -0.2) is 17.8 Å². The van der Waals surface area contributed by atoms with Gasteiger partial charge in [0.15, 0.2) is 0 Å². The van der Waals surface area contributed by atoms with Gasteiger partial charge in [0, 0.05) is 12.4 Å². The molecule has 0 aromatic heterocycles. The smallest absolute Gasteiger partial charge is 0.0595 e. The second-order valence-corrected chi connectivity index (χ2v) is 4.64. The van der Waals surface area contributed by atoms with Crippen molar-refractivity contribution in [3.63, 3.8) is 0 Å². The molecule has 0 radical (unpaired) electrons. The number of nitrogens with zero attached hydrogens (tertiary/aromatic N) is 2. The van der Waals surface area contributed by atoms with Crippen LogP contribution in [0.2, 0.25) is 0 Å². The van der Waals surface area contributed by atoms with Crippen molar-refractivity contribution < 1.29 is 0 Å². The predicted octanol–water partition coefficient (Wildman–Crippen LogP) is 4.41. The van der Waals surface area contributed by atoms with E-state index in [1.165, 1.54) is 11.1 Å². The molecule has 1 aromatic carbocycles. The van der Waals surface area contributed by atoms with Gasteiger partial charge in [-0.3, -0.25) is 5.01 Å². The summed E-state index contributed by atoms with van der Waals surface area (Å²) in [5.41, 5.74) is 3.64. The normalized spacial score (nSPS) is 16.2. The maximum absolute atomic E-state index is 4.43. The van der Waals surface area contributed by atoms with Crippen LogP contribution in [0.15, 0.2) is 77.6 Å². The van der Waals surface area contributed by atoms with Crippen LogP contribution >= 0.6 is 0 Å². The largest absolute Gasteiger partial charge is 0.269 e. The number of hydrogen-bond acceptors (Lipinski definition) is 2. The van der Waals surface area contributed by atoms with Gasteiger partial charge in [-0.2, -0.15) is 5.10 Å². The lowest BCUT2D eigenvalue weighted by molar-refractivity contribution is 0.440. The molecule has 0 aliphatic carbocycles. The topological polar surface area (TPSA) is 15.6 Å². The number of hydrazone groups is 1. The van der Waals surface area contributed by atoms with Crippen molar-refractivity contribution in [2.45, 2.75) is 13.8 Å². The van der Waals surface area contributed by atoms with E-state index in [0.29, 0.717) is 0 Å². The summed E-state index contributed by atoms with van der Waals surface area (Å²) in [6, 6.07) is 10.3. The molecule has 0 saturated carbocycles. The molecule has 102 valence electrons. The van der Waals surface area contributed by atoms with Crippen LogP contribution in [0.1, 0.15) is 19.4 Å². The van der Waals surface area contributed by atoms with E-state index in [1.54, 1.807) is 0 Å². The molecule has 0 saturated heterocycles. The highest BCUT2D eigenvalue weighted by Gasteiger charge is 1.98. The summed E-state index contributed by atoms with van der Waals surface area (Å²) in [7, 11) is 0. The summed E-state index contributed by atoms with van der Waals surface area (Å²) in [5.74, 6) is 0. The van der Waals surface area contributed by atoms with E-state index in [9.17, 15) is 0 Å². The van der Waals surface area contributed by atoms with Crippen LogP contribution < -0.4 is 0 Å². The summed E-state index contributed by atoms with van der Waals surface area (Å²) >= 11 is 0. The summed E-state index contributed by atoms with van der Waals surface area (Å²) < 4.78 is 0. The first kappa shape index (κ1) is 14.1. The van der Waals surface area contributed by atoms with Crippen molar-refractivity contribution >= 4 is 11.8 Å². The number of hydrogen-bond donors (Lipinski definition) is 0. The molecule has 2 nitrogen and oxygen atoms in total. The fraction of sp³-hybridized carbons (Fsp3) is 0.167. The lowest BCUT2D eigenvalue weighted by Gasteiger charge is -2.15. The molecular weight excluding hydrogens is 244 g/mol. The van der Waals surface area contributed by atoms with Crippen LogP contribution in [-0.2, 0) is 0 Å². The Balaban J connectivity index is 2.09. The van der Waals surface area contributed by atoms with Gasteiger partial charge in [0.05, 0.1) is 6.54 Å². The summed E-state index contributed by atoms with van der Waals surface area (Å²) in [6.07, 6.45) is 14.2. The molecule has 2 heteroatoms. The van der Waals surface area contributed by atoms with E-state index in [2.05, 4.69) is 42.4 Å². The van der Waals surface area contributed by atoms with Gasteiger partial charge >= 0.3 is 0 Å². The number of rotatable bonds is 4. The van der Waals surface area contributed by atoms with Gasteiger partial charge in [0.25, 0.3) is 0 Å². The van der Waals surface area contributed by atoms with E-state index in [-0.39, 0.29) is 0 Å². The molecule has 20 heavy (non-hydrogen) atoms. The van der Waals surface area contributed by atoms with Gasteiger partial charge in [0.1, 0.15) is 0 Å². The highest BCUT2D eigenvalue weighted by atomic mass is 15.4. The quantitative estimate of drug-likeness (QED) is 0.581. The van der Waals surface area contributed by atoms with Crippen LogP contribution in [0, 0.1) is 0 Å². The van der Waals surface area contributed by atoms with Crippen LogP contribution in [0.4, 0.5) is 0 Å². The summed E-state index contributed by atoms with van der Waals surface area (Å²) in [6.45, 7) is 4.95. The standard InChI is InChI=1S/C18H20N2/c1-3-7-17(18-8-5-4-6-9-18)10-13-19-20-14-11-16(2)12-15-20/h3-14H,15H2,1-2H3/b7-3-,17-10+,19-13+. The maximum Gasteiger partial charge on any atom is 0.0595 e. The minimum atomic E-state index is 0.830. The van der Waals surface area contributed by atoms with Gasteiger partial charge in [-0.05, 0) is 37.1 Å². The Bertz CT molecular complexity index is 575. The predicted molar refractivity (Wildman–Crippen MR) is 87.3 cm³/mol. The second-order valence-electron chi connectivity index (χ2n) is 4.64. The molecule has 0 spiro atoms. The van der Waals surface area contributed by atoms with Gasteiger partial charge in [-0.15, -0.1) is 0 Å². The molecule has 1 heterocycles. The van der Waals surface area contributed by atoms with E-state index in [4.69, 9.17) is 0 Å². The van der Waals surface area contributed by atoms with Crippen molar-refractivity contribution in [1.29, 1.82) is 0 Å². The van der Waals surface area contributed by atoms with Gasteiger partial charge in [0.2, 0.25) is 0 Å². The Morgan fingerprint density at radius 3 is 2.70 bits per heavy atom. The Morgan fingerprint density at radius 1 is 1.25 bits per heavy atom. The zero-order valence-corrected chi connectivity index (χ0v) is 12.0. The number of benzene rings is 1.